The fourth-order valence-corrected chi connectivity index (χ4v) is 4.08. The summed E-state index contributed by atoms with van der Waals surface area (Å²) in [7, 11) is 0. The number of piperazine rings is 1. The highest BCUT2D eigenvalue weighted by Gasteiger charge is 2.38. The molecule has 0 amide bonds. The smallest absolute Gasteiger partial charge is 0.475 e. The molecule has 2 N–H and O–H groups in total. The van der Waals surface area contributed by atoms with Crippen LogP contribution in [0, 0.1) is 0 Å². The number of nitrogens with zero attached hydrogens (tertiary/aromatic N) is 3. The first-order valence-electron chi connectivity index (χ1n) is 13.5. The van der Waals surface area contributed by atoms with Gasteiger partial charge in [0.25, 0.3) is 0 Å². The number of hydrogen-bond acceptors (Lipinski definition) is 5. The largest absolute Gasteiger partial charge is 0.490 e. The van der Waals surface area contributed by atoms with Crippen molar-refractivity contribution in [3.05, 3.63) is 89.7 Å². The van der Waals surface area contributed by atoms with Crippen LogP contribution in [0.2, 0.25) is 0 Å². The zero-order valence-corrected chi connectivity index (χ0v) is 24.5. The lowest BCUT2D eigenvalue weighted by Gasteiger charge is -2.34. The van der Waals surface area contributed by atoms with Crippen molar-refractivity contribution in [3.8, 4) is 11.1 Å². The molecule has 44 heavy (non-hydrogen) atoms. The van der Waals surface area contributed by atoms with Gasteiger partial charge in [0.1, 0.15) is 0 Å². The number of carbonyl (C=O) groups is 2. The highest BCUT2D eigenvalue weighted by atomic mass is 19.4. The summed E-state index contributed by atoms with van der Waals surface area (Å²) in [6.45, 7) is 13.3. The Hall–Kier alpha value is -3.97. The summed E-state index contributed by atoms with van der Waals surface area (Å²) in [4.78, 5) is 27.0. The Kier molecular flexibility index (Phi) is 12.9. The zero-order valence-electron chi connectivity index (χ0n) is 24.5. The molecule has 13 heteroatoms. The molecule has 0 unspecified atom stereocenters. The number of halogens is 6. The Labute approximate surface area is 251 Å². The molecule has 0 aliphatic carbocycles. The number of aliphatic carboxylic acids is 2. The Bertz CT molecular complexity index is 1290. The maximum atomic E-state index is 10.6. The molecule has 0 atom stereocenters. The molecule has 3 aromatic rings. The first-order chi connectivity index (χ1) is 20.4. The predicted molar refractivity (Wildman–Crippen MR) is 153 cm³/mol. The molecule has 0 radical (unpaired) electrons. The summed E-state index contributed by atoms with van der Waals surface area (Å²) in [6, 6.07) is 22.3. The summed E-state index contributed by atoms with van der Waals surface area (Å²) in [5.74, 6) is -5.51. The van der Waals surface area contributed by atoms with Gasteiger partial charge in [0.2, 0.25) is 0 Å². The number of benzene rings is 2. The molecule has 1 aromatic heterocycles. The Morgan fingerprint density at radius 2 is 0.955 bits per heavy atom. The molecular formula is C31H35F6N3O4. The van der Waals surface area contributed by atoms with Gasteiger partial charge < -0.3 is 10.2 Å². The van der Waals surface area contributed by atoms with Crippen molar-refractivity contribution in [2.45, 2.75) is 51.6 Å². The molecule has 0 spiro atoms. The van der Waals surface area contributed by atoms with E-state index in [1.54, 1.807) is 0 Å². The van der Waals surface area contributed by atoms with Crippen LogP contribution in [0.5, 0.6) is 0 Å². The monoisotopic (exact) mass is 627 g/mol. The van der Waals surface area contributed by atoms with E-state index in [4.69, 9.17) is 19.8 Å². The first-order valence-corrected chi connectivity index (χ1v) is 13.5. The second kappa shape index (κ2) is 15.7. The standard InChI is InChI=1S/C27H33N3.2C2HF3O2/c1-27(2,3)26-10-8-25(9-11-26)24-6-4-22(5-7-24)20-29-16-18-30(19-17-29)21-23-12-14-28-15-13-23;2*3-2(4,5)1(6)7/h4-15H,16-21H2,1-3H3;2*(H,6,7). The second-order valence-electron chi connectivity index (χ2n) is 11.0. The average molecular weight is 628 g/mol. The minimum Gasteiger partial charge on any atom is -0.475 e. The van der Waals surface area contributed by atoms with Gasteiger partial charge in [-0.2, -0.15) is 26.3 Å². The molecule has 0 saturated carbocycles. The van der Waals surface area contributed by atoms with E-state index in [0.717, 1.165) is 39.3 Å². The normalized spacial score (nSPS) is 14.5. The average Bonchev–Trinajstić information content (AvgIpc) is 2.94. The lowest BCUT2D eigenvalue weighted by Crippen LogP contribution is -2.45. The van der Waals surface area contributed by atoms with Gasteiger partial charge in [0, 0.05) is 51.7 Å². The van der Waals surface area contributed by atoms with Crippen LogP contribution < -0.4 is 0 Å². The molecule has 2 aromatic carbocycles. The Balaban J connectivity index is 0.000000402. The fourth-order valence-electron chi connectivity index (χ4n) is 4.08. The SMILES string of the molecule is CC(C)(C)c1ccc(-c2ccc(CN3CCN(Cc4ccncc4)CC3)cc2)cc1.O=C(O)C(F)(F)F.O=C(O)C(F)(F)F. The fraction of sp³-hybridized carbons (Fsp3) is 0.387. The number of rotatable bonds is 5. The predicted octanol–water partition coefficient (Wildman–Crippen LogP) is 6.63. The molecule has 1 aliphatic rings. The van der Waals surface area contributed by atoms with E-state index in [2.05, 4.69) is 96.2 Å². The third kappa shape index (κ3) is 12.7. The van der Waals surface area contributed by atoms with Crippen molar-refractivity contribution in [1.82, 2.24) is 14.8 Å². The van der Waals surface area contributed by atoms with Gasteiger partial charge in [0.15, 0.2) is 0 Å². The number of hydrogen-bond donors (Lipinski definition) is 2. The zero-order chi connectivity index (χ0) is 33.1. The lowest BCUT2D eigenvalue weighted by molar-refractivity contribution is -0.193. The van der Waals surface area contributed by atoms with Gasteiger partial charge in [-0.25, -0.2) is 9.59 Å². The van der Waals surface area contributed by atoms with Crippen molar-refractivity contribution in [2.24, 2.45) is 0 Å². The molecule has 1 aliphatic heterocycles. The van der Waals surface area contributed by atoms with Gasteiger partial charge in [-0.1, -0.05) is 69.3 Å². The van der Waals surface area contributed by atoms with E-state index in [-0.39, 0.29) is 5.41 Å². The number of carboxylic acids is 2. The van der Waals surface area contributed by atoms with E-state index in [0.29, 0.717) is 0 Å². The van der Waals surface area contributed by atoms with E-state index >= 15 is 0 Å². The number of alkyl halides is 6. The quantitative estimate of drug-likeness (QED) is 0.307. The van der Waals surface area contributed by atoms with Crippen LogP contribution in [0.15, 0.2) is 73.1 Å². The lowest BCUT2D eigenvalue weighted by atomic mass is 9.86. The molecule has 240 valence electrons. The first kappa shape index (κ1) is 36.2. The molecule has 4 rings (SSSR count). The molecular weight excluding hydrogens is 592 g/mol. The maximum Gasteiger partial charge on any atom is 0.490 e. The third-order valence-electron chi connectivity index (χ3n) is 6.55. The van der Waals surface area contributed by atoms with Crippen LogP contribution in [-0.2, 0) is 28.1 Å². The van der Waals surface area contributed by atoms with E-state index in [1.165, 1.54) is 27.8 Å². The summed E-state index contributed by atoms with van der Waals surface area (Å²) in [5, 5.41) is 14.2. The highest BCUT2D eigenvalue weighted by Crippen LogP contribution is 2.26. The van der Waals surface area contributed by atoms with Gasteiger partial charge in [-0.15, -0.1) is 0 Å². The minimum atomic E-state index is -5.08. The van der Waals surface area contributed by atoms with E-state index < -0.39 is 24.3 Å². The summed E-state index contributed by atoms with van der Waals surface area (Å²) in [6.07, 6.45) is -6.40. The van der Waals surface area contributed by atoms with Crippen LogP contribution in [-0.4, -0.2) is 75.5 Å². The molecule has 1 saturated heterocycles. The molecule has 1 fully saturated rings. The molecule has 0 bridgehead atoms. The van der Waals surface area contributed by atoms with Crippen LogP contribution in [0.3, 0.4) is 0 Å². The van der Waals surface area contributed by atoms with Gasteiger partial charge in [0.05, 0.1) is 0 Å². The van der Waals surface area contributed by atoms with Crippen LogP contribution in [0.25, 0.3) is 11.1 Å². The number of aromatic nitrogens is 1. The van der Waals surface area contributed by atoms with Crippen molar-refractivity contribution >= 4 is 11.9 Å². The highest BCUT2D eigenvalue weighted by molar-refractivity contribution is 5.73. The minimum absolute atomic E-state index is 0.199. The third-order valence-corrected chi connectivity index (χ3v) is 6.55. The van der Waals surface area contributed by atoms with Crippen LogP contribution >= 0.6 is 0 Å². The van der Waals surface area contributed by atoms with Crippen molar-refractivity contribution in [1.29, 1.82) is 0 Å². The van der Waals surface area contributed by atoms with Gasteiger partial charge in [-0.3, -0.25) is 14.8 Å². The van der Waals surface area contributed by atoms with E-state index in [1.807, 2.05) is 12.4 Å². The number of carboxylic acid groups (broad SMARTS) is 2. The molecule has 7 nitrogen and oxygen atoms in total. The second-order valence-corrected chi connectivity index (χ2v) is 11.0. The van der Waals surface area contributed by atoms with Gasteiger partial charge >= 0.3 is 24.3 Å². The number of pyridine rings is 1. The Morgan fingerprint density at radius 3 is 1.27 bits per heavy atom. The summed E-state index contributed by atoms with van der Waals surface area (Å²) in [5.41, 5.74) is 6.91. The van der Waals surface area contributed by atoms with Crippen molar-refractivity contribution in [2.75, 3.05) is 26.2 Å². The van der Waals surface area contributed by atoms with Crippen LogP contribution in [0.4, 0.5) is 26.3 Å². The Morgan fingerprint density at radius 1 is 0.636 bits per heavy atom. The van der Waals surface area contributed by atoms with E-state index in [9.17, 15) is 26.3 Å². The summed E-state index contributed by atoms with van der Waals surface area (Å²) < 4.78 is 63.5. The topological polar surface area (TPSA) is 94.0 Å². The summed E-state index contributed by atoms with van der Waals surface area (Å²) >= 11 is 0. The van der Waals surface area contributed by atoms with Crippen molar-refractivity contribution < 1.29 is 46.1 Å². The molecule has 2 heterocycles. The maximum absolute atomic E-state index is 10.6. The van der Waals surface area contributed by atoms with Gasteiger partial charge in [-0.05, 0) is 45.4 Å². The van der Waals surface area contributed by atoms with Crippen molar-refractivity contribution in [3.63, 3.8) is 0 Å². The van der Waals surface area contributed by atoms with Crippen LogP contribution in [0.1, 0.15) is 37.5 Å².